The second kappa shape index (κ2) is 2.96. The minimum atomic E-state index is -0.772. The molecule has 0 radical (unpaired) electrons. The fraction of sp³-hybridized carbons (Fsp3) is 0.889. The van der Waals surface area contributed by atoms with Crippen molar-refractivity contribution in [3.05, 3.63) is 0 Å². The highest BCUT2D eigenvalue weighted by molar-refractivity contribution is 5.82. The lowest BCUT2D eigenvalue weighted by Gasteiger charge is -2.21. The molecule has 0 spiro atoms. The van der Waals surface area contributed by atoms with Crippen molar-refractivity contribution < 1.29 is 15.0 Å². The van der Waals surface area contributed by atoms with Crippen LogP contribution < -0.4 is 5.32 Å². The third-order valence-electron chi connectivity index (χ3n) is 3.10. The first-order valence-corrected chi connectivity index (χ1v) is 4.83. The van der Waals surface area contributed by atoms with E-state index in [1.165, 1.54) is 0 Å². The van der Waals surface area contributed by atoms with Crippen LogP contribution in [-0.4, -0.2) is 33.9 Å². The molecule has 0 saturated heterocycles. The minimum absolute atomic E-state index is 0.00130. The van der Waals surface area contributed by atoms with E-state index in [2.05, 4.69) is 5.32 Å². The normalized spacial score (nSPS) is 36.1. The maximum Gasteiger partial charge on any atom is 0.323 e. The molecule has 2 aliphatic carbocycles. The number of carbonyl (C=O) groups is 1. The second-order valence-corrected chi connectivity index (χ2v) is 4.14. The molecule has 4 nitrogen and oxygen atoms in total. The van der Waals surface area contributed by atoms with Gasteiger partial charge in [0.05, 0.1) is 6.10 Å². The van der Waals surface area contributed by atoms with Gasteiger partial charge < -0.3 is 10.2 Å². The van der Waals surface area contributed by atoms with Gasteiger partial charge in [-0.2, -0.15) is 0 Å². The van der Waals surface area contributed by atoms with E-state index in [1.54, 1.807) is 0 Å². The molecule has 0 heterocycles. The topological polar surface area (TPSA) is 69.6 Å². The van der Waals surface area contributed by atoms with E-state index in [0.29, 0.717) is 12.8 Å². The van der Waals surface area contributed by atoms with E-state index >= 15 is 0 Å². The van der Waals surface area contributed by atoms with Crippen molar-refractivity contribution in [3.63, 3.8) is 0 Å². The summed E-state index contributed by atoms with van der Waals surface area (Å²) in [5, 5.41) is 21.5. The van der Waals surface area contributed by atoms with Gasteiger partial charge >= 0.3 is 5.97 Å². The number of carboxylic acids is 1. The maximum absolute atomic E-state index is 10.8. The van der Waals surface area contributed by atoms with E-state index in [-0.39, 0.29) is 12.1 Å². The standard InChI is InChI=1S/C9H15NO3/c11-7-3-1-2-6(7)10-9(4-5-9)8(12)13/h6-7,10-11H,1-5H2,(H,12,13). The average molecular weight is 185 g/mol. The summed E-state index contributed by atoms with van der Waals surface area (Å²) < 4.78 is 0. The fourth-order valence-corrected chi connectivity index (χ4v) is 2.01. The number of aliphatic hydroxyl groups is 1. The molecule has 0 aromatic heterocycles. The van der Waals surface area contributed by atoms with Gasteiger partial charge in [-0.15, -0.1) is 0 Å². The zero-order chi connectivity index (χ0) is 9.47. The van der Waals surface area contributed by atoms with Crippen LogP contribution in [-0.2, 0) is 4.79 Å². The Morgan fingerprint density at radius 3 is 2.46 bits per heavy atom. The minimum Gasteiger partial charge on any atom is -0.480 e. The quantitative estimate of drug-likeness (QED) is 0.583. The van der Waals surface area contributed by atoms with Gasteiger partial charge in [0.2, 0.25) is 0 Å². The lowest BCUT2D eigenvalue weighted by molar-refractivity contribution is -0.141. The number of hydrogen-bond donors (Lipinski definition) is 3. The molecule has 0 aromatic rings. The summed E-state index contributed by atoms with van der Waals surface area (Å²) in [5.41, 5.74) is -0.698. The molecule has 2 unspecified atom stereocenters. The van der Waals surface area contributed by atoms with E-state index in [9.17, 15) is 9.90 Å². The lowest BCUT2D eigenvalue weighted by atomic mass is 10.1. The molecule has 2 fully saturated rings. The van der Waals surface area contributed by atoms with Crippen molar-refractivity contribution >= 4 is 5.97 Å². The Labute approximate surface area is 76.9 Å². The summed E-state index contributed by atoms with van der Waals surface area (Å²) in [5.74, 6) is -0.772. The lowest BCUT2D eigenvalue weighted by Crippen LogP contribution is -2.48. The van der Waals surface area contributed by atoms with Crippen LogP contribution in [0, 0.1) is 0 Å². The predicted octanol–water partition coefficient (Wildman–Crippen LogP) is 0.107. The van der Waals surface area contributed by atoms with Gasteiger partial charge in [-0.1, -0.05) is 0 Å². The molecule has 0 bridgehead atoms. The average Bonchev–Trinajstić information content (AvgIpc) is 2.74. The van der Waals surface area contributed by atoms with Crippen molar-refractivity contribution in [1.82, 2.24) is 5.32 Å². The number of aliphatic carboxylic acids is 1. The number of rotatable bonds is 3. The first kappa shape index (κ1) is 8.97. The van der Waals surface area contributed by atoms with Crippen molar-refractivity contribution in [2.24, 2.45) is 0 Å². The largest absolute Gasteiger partial charge is 0.480 e. The van der Waals surface area contributed by atoms with Crippen LogP contribution in [0.5, 0.6) is 0 Å². The smallest absolute Gasteiger partial charge is 0.323 e. The first-order chi connectivity index (χ1) is 6.14. The third kappa shape index (κ3) is 1.56. The van der Waals surface area contributed by atoms with Gasteiger partial charge in [0.25, 0.3) is 0 Å². The van der Waals surface area contributed by atoms with Crippen molar-refractivity contribution in [1.29, 1.82) is 0 Å². The van der Waals surface area contributed by atoms with Gasteiger partial charge in [0.15, 0.2) is 0 Å². The number of hydrogen-bond acceptors (Lipinski definition) is 3. The van der Waals surface area contributed by atoms with Gasteiger partial charge in [0.1, 0.15) is 5.54 Å². The van der Waals surface area contributed by atoms with E-state index in [0.717, 1.165) is 19.3 Å². The predicted molar refractivity (Wildman–Crippen MR) is 46.4 cm³/mol. The van der Waals surface area contributed by atoms with Gasteiger partial charge in [-0.25, -0.2) is 0 Å². The molecular weight excluding hydrogens is 170 g/mol. The molecule has 0 aromatic carbocycles. The highest BCUT2D eigenvalue weighted by Gasteiger charge is 2.52. The SMILES string of the molecule is O=C(O)C1(NC2CCCC2O)CC1. The molecule has 2 aliphatic rings. The van der Waals surface area contributed by atoms with Crippen LogP contribution in [0.25, 0.3) is 0 Å². The van der Waals surface area contributed by atoms with Crippen molar-refractivity contribution in [2.45, 2.75) is 49.8 Å². The van der Waals surface area contributed by atoms with Crippen molar-refractivity contribution in [3.8, 4) is 0 Å². The summed E-state index contributed by atoms with van der Waals surface area (Å²) in [6.45, 7) is 0. The first-order valence-electron chi connectivity index (χ1n) is 4.83. The highest BCUT2D eigenvalue weighted by Crippen LogP contribution is 2.37. The van der Waals surface area contributed by atoms with Gasteiger partial charge in [-0.3, -0.25) is 10.1 Å². The molecule has 2 atom stereocenters. The number of aliphatic hydroxyl groups excluding tert-OH is 1. The Hall–Kier alpha value is -0.610. The zero-order valence-electron chi connectivity index (χ0n) is 7.49. The van der Waals surface area contributed by atoms with Crippen molar-refractivity contribution in [2.75, 3.05) is 0 Å². The summed E-state index contributed by atoms with van der Waals surface area (Å²) in [4.78, 5) is 10.8. The van der Waals surface area contributed by atoms with Crippen LogP contribution >= 0.6 is 0 Å². The fourth-order valence-electron chi connectivity index (χ4n) is 2.01. The van der Waals surface area contributed by atoms with E-state index in [1.807, 2.05) is 0 Å². The maximum atomic E-state index is 10.8. The molecule has 74 valence electrons. The van der Waals surface area contributed by atoms with Crippen LogP contribution in [0.2, 0.25) is 0 Å². The Morgan fingerprint density at radius 2 is 2.08 bits per heavy atom. The Morgan fingerprint density at radius 1 is 1.38 bits per heavy atom. The Balaban J connectivity index is 1.94. The molecular formula is C9H15NO3. The van der Waals surface area contributed by atoms with E-state index in [4.69, 9.17) is 5.11 Å². The van der Waals surface area contributed by atoms with Crippen LogP contribution in [0.3, 0.4) is 0 Å². The highest BCUT2D eigenvalue weighted by atomic mass is 16.4. The third-order valence-corrected chi connectivity index (χ3v) is 3.10. The van der Waals surface area contributed by atoms with Gasteiger partial charge in [-0.05, 0) is 32.1 Å². The molecule has 3 N–H and O–H groups in total. The summed E-state index contributed by atoms with van der Waals surface area (Å²) in [7, 11) is 0. The van der Waals surface area contributed by atoms with Crippen LogP contribution in [0.15, 0.2) is 0 Å². The molecule has 2 rings (SSSR count). The van der Waals surface area contributed by atoms with Crippen LogP contribution in [0.1, 0.15) is 32.1 Å². The summed E-state index contributed by atoms with van der Waals surface area (Å²) >= 11 is 0. The molecule has 0 aliphatic heterocycles. The molecule has 0 amide bonds. The number of nitrogens with one attached hydrogen (secondary N) is 1. The Bertz CT molecular complexity index is 225. The number of carboxylic acid groups (broad SMARTS) is 1. The molecule has 4 heteroatoms. The Kier molecular flexibility index (Phi) is 2.04. The molecule has 13 heavy (non-hydrogen) atoms. The summed E-state index contributed by atoms with van der Waals surface area (Å²) in [6.07, 6.45) is 3.74. The van der Waals surface area contributed by atoms with Gasteiger partial charge in [0, 0.05) is 6.04 Å². The van der Waals surface area contributed by atoms with Crippen LogP contribution in [0.4, 0.5) is 0 Å². The van der Waals surface area contributed by atoms with E-state index < -0.39 is 11.5 Å². The monoisotopic (exact) mass is 185 g/mol. The molecule has 2 saturated carbocycles. The second-order valence-electron chi connectivity index (χ2n) is 4.14. The summed E-state index contributed by atoms with van der Waals surface area (Å²) in [6, 6.07) is -0.00130. The zero-order valence-corrected chi connectivity index (χ0v) is 7.49.